The van der Waals surface area contributed by atoms with Crippen LogP contribution in [-0.4, -0.2) is 51.7 Å². The standard InChI is InChI=1S/C32H42N4O3S/c1-32(2,23-33)24-36(31(34)35-19-17-26(18-20-35)21-25-7-5-4-6-8-25)28-11-13-29(14-12-28)39-22-27-9-15-30(16-10-27)40(3,37)38/h4-16,26,34H,17-24,33H2,1-3H3. The zero-order chi connectivity index (χ0) is 28.8. The van der Waals surface area contributed by atoms with Gasteiger partial charge in [0.2, 0.25) is 0 Å². The maximum absolute atomic E-state index is 11.7. The highest BCUT2D eigenvalue weighted by Crippen LogP contribution is 2.28. The lowest BCUT2D eigenvalue weighted by Crippen LogP contribution is -2.51. The minimum atomic E-state index is -3.22. The molecule has 0 radical (unpaired) electrons. The zero-order valence-electron chi connectivity index (χ0n) is 23.8. The molecule has 0 saturated carbocycles. The molecule has 3 N–H and O–H groups in total. The number of nitrogens with two attached hydrogens (primary N) is 1. The summed E-state index contributed by atoms with van der Waals surface area (Å²) in [7, 11) is -3.22. The molecule has 0 spiro atoms. The van der Waals surface area contributed by atoms with Crippen LogP contribution in [-0.2, 0) is 22.9 Å². The summed E-state index contributed by atoms with van der Waals surface area (Å²) in [6, 6.07) is 25.2. The maximum Gasteiger partial charge on any atom is 0.198 e. The number of anilines is 1. The van der Waals surface area contributed by atoms with Crippen molar-refractivity contribution in [2.75, 3.05) is 37.3 Å². The van der Waals surface area contributed by atoms with E-state index in [1.807, 2.05) is 24.3 Å². The van der Waals surface area contributed by atoms with Crippen LogP contribution in [0.25, 0.3) is 0 Å². The Morgan fingerprint density at radius 2 is 1.60 bits per heavy atom. The quantitative estimate of drug-likeness (QED) is 0.255. The van der Waals surface area contributed by atoms with Crippen molar-refractivity contribution in [1.29, 1.82) is 5.41 Å². The van der Waals surface area contributed by atoms with E-state index < -0.39 is 9.84 Å². The van der Waals surface area contributed by atoms with Crippen LogP contribution in [0, 0.1) is 16.7 Å². The summed E-state index contributed by atoms with van der Waals surface area (Å²) < 4.78 is 29.3. The summed E-state index contributed by atoms with van der Waals surface area (Å²) in [5, 5.41) is 9.17. The van der Waals surface area contributed by atoms with E-state index in [0.717, 1.165) is 43.6 Å². The molecule has 214 valence electrons. The van der Waals surface area contributed by atoms with Gasteiger partial charge in [-0.1, -0.05) is 56.3 Å². The van der Waals surface area contributed by atoms with E-state index in [1.165, 1.54) is 11.8 Å². The van der Waals surface area contributed by atoms with Gasteiger partial charge in [-0.05, 0) is 84.7 Å². The summed E-state index contributed by atoms with van der Waals surface area (Å²) in [5.41, 5.74) is 9.14. The predicted octanol–water partition coefficient (Wildman–Crippen LogP) is 5.35. The number of ether oxygens (including phenoxy) is 1. The fraction of sp³-hybridized carbons (Fsp3) is 0.406. The van der Waals surface area contributed by atoms with E-state index in [2.05, 4.69) is 54.0 Å². The van der Waals surface area contributed by atoms with Crippen LogP contribution in [0.4, 0.5) is 5.69 Å². The van der Waals surface area contributed by atoms with Crippen molar-refractivity contribution in [1.82, 2.24) is 4.90 Å². The van der Waals surface area contributed by atoms with Crippen molar-refractivity contribution in [3.05, 3.63) is 90.0 Å². The summed E-state index contributed by atoms with van der Waals surface area (Å²) in [5.74, 6) is 1.86. The van der Waals surface area contributed by atoms with Crippen molar-refractivity contribution < 1.29 is 13.2 Å². The summed E-state index contributed by atoms with van der Waals surface area (Å²) >= 11 is 0. The Balaban J connectivity index is 1.40. The Morgan fingerprint density at radius 3 is 2.17 bits per heavy atom. The molecule has 8 heteroatoms. The molecule has 4 rings (SSSR count). The van der Waals surface area contributed by atoms with Crippen LogP contribution in [0.3, 0.4) is 0 Å². The van der Waals surface area contributed by atoms with Crippen LogP contribution >= 0.6 is 0 Å². The fourth-order valence-electron chi connectivity index (χ4n) is 4.97. The predicted molar refractivity (Wildman–Crippen MR) is 163 cm³/mol. The number of likely N-dealkylation sites (tertiary alicyclic amines) is 1. The molecular weight excluding hydrogens is 520 g/mol. The van der Waals surface area contributed by atoms with E-state index in [4.69, 9.17) is 15.9 Å². The third-order valence-corrected chi connectivity index (χ3v) is 8.71. The van der Waals surface area contributed by atoms with Crippen molar-refractivity contribution in [3.63, 3.8) is 0 Å². The molecule has 0 amide bonds. The molecule has 3 aromatic carbocycles. The third-order valence-electron chi connectivity index (χ3n) is 7.58. The van der Waals surface area contributed by atoms with Gasteiger partial charge in [0.25, 0.3) is 0 Å². The maximum atomic E-state index is 11.7. The minimum absolute atomic E-state index is 0.161. The number of nitrogens with one attached hydrogen (secondary N) is 1. The molecule has 0 unspecified atom stereocenters. The number of hydrogen-bond acceptors (Lipinski definition) is 5. The Kier molecular flexibility index (Phi) is 9.53. The van der Waals surface area contributed by atoms with Gasteiger partial charge in [0.15, 0.2) is 15.8 Å². The molecule has 1 aliphatic rings. The first kappa shape index (κ1) is 29.6. The first-order valence-corrected chi connectivity index (χ1v) is 15.8. The first-order chi connectivity index (χ1) is 19.0. The van der Waals surface area contributed by atoms with E-state index >= 15 is 0 Å². The molecule has 1 saturated heterocycles. The Bertz CT molecular complexity index is 1350. The normalized spacial score (nSPS) is 14.7. The molecule has 1 fully saturated rings. The van der Waals surface area contributed by atoms with Gasteiger partial charge in [0.05, 0.1) is 4.90 Å². The van der Waals surface area contributed by atoms with Gasteiger partial charge in [-0.2, -0.15) is 0 Å². The molecule has 3 aromatic rings. The molecule has 1 aliphatic heterocycles. The van der Waals surface area contributed by atoms with Gasteiger partial charge in [-0.3, -0.25) is 5.41 Å². The molecule has 0 bridgehead atoms. The number of hydrogen-bond donors (Lipinski definition) is 2. The van der Waals surface area contributed by atoms with Crippen LogP contribution in [0.5, 0.6) is 5.75 Å². The molecule has 7 nitrogen and oxygen atoms in total. The second kappa shape index (κ2) is 12.9. The van der Waals surface area contributed by atoms with E-state index in [-0.39, 0.29) is 5.41 Å². The number of benzene rings is 3. The minimum Gasteiger partial charge on any atom is -0.489 e. The molecule has 0 aliphatic carbocycles. The molecule has 0 atom stereocenters. The van der Waals surface area contributed by atoms with Gasteiger partial charge in [0.1, 0.15) is 12.4 Å². The lowest BCUT2D eigenvalue weighted by molar-refractivity contribution is 0.258. The van der Waals surface area contributed by atoms with Crippen LogP contribution < -0.4 is 15.4 Å². The van der Waals surface area contributed by atoms with Crippen LogP contribution in [0.15, 0.2) is 83.8 Å². The average Bonchev–Trinajstić information content (AvgIpc) is 2.95. The van der Waals surface area contributed by atoms with E-state index in [0.29, 0.717) is 42.2 Å². The van der Waals surface area contributed by atoms with Gasteiger partial charge in [-0.15, -0.1) is 0 Å². The molecular formula is C32H42N4O3S. The fourth-order valence-corrected chi connectivity index (χ4v) is 5.60. The van der Waals surface area contributed by atoms with Gasteiger partial charge < -0.3 is 20.3 Å². The highest BCUT2D eigenvalue weighted by molar-refractivity contribution is 7.90. The lowest BCUT2D eigenvalue weighted by atomic mass is 9.90. The molecule has 40 heavy (non-hydrogen) atoms. The smallest absolute Gasteiger partial charge is 0.198 e. The zero-order valence-corrected chi connectivity index (χ0v) is 24.7. The van der Waals surface area contributed by atoms with Crippen molar-refractivity contribution >= 4 is 21.5 Å². The summed E-state index contributed by atoms with van der Waals surface area (Å²) in [6.45, 7) is 7.50. The van der Waals surface area contributed by atoms with E-state index in [9.17, 15) is 8.42 Å². The van der Waals surface area contributed by atoms with Crippen molar-refractivity contribution in [2.45, 2.75) is 44.6 Å². The highest BCUT2D eigenvalue weighted by atomic mass is 32.2. The van der Waals surface area contributed by atoms with Crippen molar-refractivity contribution in [2.24, 2.45) is 17.1 Å². The van der Waals surface area contributed by atoms with Crippen LogP contribution in [0.2, 0.25) is 0 Å². The van der Waals surface area contributed by atoms with Crippen LogP contribution in [0.1, 0.15) is 37.8 Å². The Labute approximate surface area is 239 Å². The largest absolute Gasteiger partial charge is 0.489 e. The lowest BCUT2D eigenvalue weighted by Gasteiger charge is -2.40. The SMILES string of the molecule is CC(C)(CN)CN(C(=N)N1CCC(Cc2ccccc2)CC1)c1ccc(OCc2ccc(S(C)(=O)=O)cc2)cc1. The highest BCUT2D eigenvalue weighted by Gasteiger charge is 2.28. The average molecular weight is 563 g/mol. The molecule has 0 aromatic heterocycles. The third kappa shape index (κ3) is 8.08. The summed E-state index contributed by atoms with van der Waals surface area (Å²) in [6.07, 6.45) is 4.44. The first-order valence-electron chi connectivity index (χ1n) is 13.9. The monoisotopic (exact) mass is 562 g/mol. The van der Waals surface area contributed by atoms with Gasteiger partial charge in [0, 0.05) is 31.6 Å². The molecule has 1 heterocycles. The second-order valence-electron chi connectivity index (χ2n) is 11.6. The number of sulfone groups is 1. The topological polar surface area (TPSA) is 99.7 Å². The second-order valence-corrected chi connectivity index (χ2v) is 13.6. The summed E-state index contributed by atoms with van der Waals surface area (Å²) in [4.78, 5) is 4.56. The number of piperidine rings is 1. The number of nitrogens with zero attached hydrogens (tertiary/aromatic N) is 2. The van der Waals surface area contributed by atoms with E-state index in [1.54, 1.807) is 24.3 Å². The Hall–Kier alpha value is -3.36. The Morgan fingerprint density at radius 1 is 0.975 bits per heavy atom. The van der Waals surface area contributed by atoms with Gasteiger partial charge in [-0.25, -0.2) is 8.42 Å². The van der Waals surface area contributed by atoms with Gasteiger partial charge >= 0.3 is 0 Å². The van der Waals surface area contributed by atoms with Crippen molar-refractivity contribution in [3.8, 4) is 5.75 Å². The number of rotatable bonds is 10. The number of guanidine groups is 1.